The van der Waals surface area contributed by atoms with Crippen molar-refractivity contribution in [2.75, 3.05) is 10.6 Å². The third-order valence-electron chi connectivity index (χ3n) is 10.1. The van der Waals surface area contributed by atoms with E-state index in [4.69, 9.17) is 53.7 Å². The molecule has 0 amide bonds. The maximum atomic E-state index is 6.95. The molecule has 2 N–H and O–H groups in total. The molecule has 2 spiro atoms. The predicted molar refractivity (Wildman–Crippen MR) is 181 cm³/mol. The molecule has 10 rings (SSSR count). The molecule has 9 heteroatoms. The third-order valence-corrected chi connectivity index (χ3v) is 10.1. The number of benzene rings is 4. The van der Waals surface area contributed by atoms with Crippen LogP contribution >= 0.6 is 0 Å². The van der Waals surface area contributed by atoms with Crippen LogP contribution < -0.4 is 54.3 Å². The summed E-state index contributed by atoms with van der Waals surface area (Å²) < 4.78 is 0. The Hall–Kier alpha value is -3.85. The molecule has 3 bridgehead atoms. The van der Waals surface area contributed by atoms with Crippen LogP contribution in [0.2, 0.25) is 0 Å². The van der Waals surface area contributed by atoms with E-state index in [0.717, 1.165) is 67.0 Å². The van der Waals surface area contributed by atoms with Crippen LogP contribution in [-0.2, 0) is 10.8 Å². The Balaban J connectivity index is 1.56. The van der Waals surface area contributed by atoms with Gasteiger partial charge in [0.2, 0.25) is 0 Å². The van der Waals surface area contributed by atoms with Gasteiger partial charge in [-0.1, -0.05) is 82.4 Å². The first kappa shape index (κ1) is 24.7. The van der Waals surface area contributed by atoms with E-state index in [1.165, 1.54) is 0 Å². The van der Waals surface area contributed by atoms with E-state index in [9.17, 15) is 0 Å². The maximum Gasteiger partial charge on any atom is 0.189 e. The fraction of sp³-hybridized carbons (Fsp3) is 0.0909. The number of rotatable bonds is 0. The molecule has 2 atom stereocenters. The van der Waals surface area contributed by atoms with Crippen LogP contribution in [0, 0.1) is 0 Å². The Morgan fingerprint density at radius 3 is 2.17 bits per heavy atom. The molecule has 3 heterocycles. The zero-order valence-corrected chi connectivity index (χ0v) is 22.7. The molecule has 13 radical (unpaired) electrons. The Bertz CT molecular complexity index is 2100. The maximum absolute atomic E-state index is 6.95. The van der Waals surface area contributed by atoms with Gasteiger partial charge in [-0.2, -0.15) is 0 Å². The van der Waals surface area contributed by atoms with Crippen molar-refractivity contribution >= 4 is 115 Å². The summed E-state index contributed by atoms with van der Waals surface area (Å²) in [7, 11) is 42.0. The van der Waals surface area contributed by atoms with Crippen LogP contribution in [-0.4, -0.2) is 54.4 Å². The minimum atomic E-state index is -0.750. The van der Waals surface area contributed by atoms with Crippen LogP contribution in [0.15, 0.2) is 78.5 Å². The summed E-state index contributed by atoms with van der Waals surface area (Å²) in [6.07, 6.45) is 6.84. The SMILES string of the molecule is [B]c1c([B])c([B])c2c(c1[B])N/C1=C/C=C\C(=C)C34c5ccccc5C2(C1)c1cccc(c13)Nc1c([B])c([B])c2c(c14)[B]2. The highest BCUT2D eigenvalue weighted by molar-refractivity contribution is 6.92. The summed E-state index contributed by atoms with van der Waals surface area (Å²) in [5.74, 6) is 0. The van der Waals surface area contributed by atoms with E-state index >= 15 is 0 Å². The summed E-state index contributed by atoms with van der Waals surface area (Å²) >= 11 is 0. The minimum Gasteiger partial charge on any atom is -0.359 e. The zero-order valence-electron chi connectivity index (χ0n) is 22.7. The molecule has 3 aliphatic carbocycles. The first-order valence-corrected chi connectivity index (χ1v) is 13.9. The molecule has 179 valence electrons. The highest BCUT2D eigenvalue weighted by Crippen LogP contribution is 2.64. The van der Waals surface area contributed by atoms with Crippen LogP contribution in [0.5, 0.6) is 0 Å². The minimum absolute atomic E-state index is 0.280. The molecular formula is C33H16B7N2. The van der Waals surface area contributed by atoms with Crippen molar-refractivity contribution in [1.29, 1.82) is 0 Å². The fourth-order valence-corrected chi connectivity index (χ4v) is 8.32. The second-order valence-electron chi connectivity index (χ2n) is 11.9. The standard InChI is InChI=1S/C33H16B7N2/c1-13-6-4-7-14-12-32(20-22(34)23(35)24(36)26(38)30(20)41-14)15-8-2-3-9-16(15)33(13)19-17(32)10-5-11-18(19)42-31-21(33)28-29(40-28)25(37)27(31)39/h2-11,41-42H,1,12H2/b6-4-,14-7+. The largest absolute Gasteiger partial charge is 0.359 e. The first-order valence-electron chi connectivity index (χ1n) is 13.9. The monoisotopic (exact) mass is 517 g/mol. The van der Waals surface area contributed by atoms with Crippen molar-refractivity contribution in [3.63, 3.8) is 0 Å². The lowest BCUT2D eigenvalue weighted by molar-refractivity contribution is 0.539. The van der Waals surface area contributed by atoms with Crippen LogP contribution in [0.3, 0.4) is 0 Å². The van der Waals surface area contributed by atoms with Gasteiger partial charge < -0.3 is 10.6 Å². The van der Waals surface area contributed by atoms with E-state index in [1.807, 2.05) is 0 Å². The van der Waals surface area contributed by atoms with Crippen molar-refractivity contribution in [1.82, 2.24) is 0 Å². The zero-order chi connectivity index (χ0) is 28.9. The smallest absolute Gasteiger partial charge is 0.189 e. The lowest BCUT2D eigenvalue weighted by Crippen LogP contribution is -2.57. The third kappa shape index (κ3) is 2.56. The quantitative estimate of drug-likeness (QED) is 0.240. The number of anilines is 3. The van der Waals surface area contributed by atoms with E-state index in [0.29, 0.717) is 39.4 Å². The van der Waals surface area contributed by atoms with E-state index < -0.39 is 10.8 Å². The van der Waals surface area contributed by atoms with Gasteiger partial charge in [-0.3, -0.25) is 0 Å². The molecule has 0 saturated carbocycles. The second kappa shape index (κ2) is 7.75. The highest BCUT2D eigenvalue weighted by Gasteiger charge is 2.59. The van der Waals surface area contributed by atoms with Gasteiger partial charge in [0.25, 0.3) is 0 Å². The van der Waals surface area contributed by atoms with Crippen molar-refractivity contribution in [3.05, 3.63) is 112 Å². The van der Waals surface area contributed by atoms with Gasteiger partial charge in [0.15, 0.2) is 7.28 Å². The predicted octanol–water partition coefficient (Wildman–Crippen LogP) is -1.72. The first-order chi connectivity index (χ1) is 20.2. The van der Waals surface area contributed by atoms with E-state index in [1.54, 1.807) is 0 Å². The van der Waals surface area contributed by atoms with E-state index in [-0.39, 0.29) is 5.46 Å². The van der Waals surface area contributed by atoms with Gasteiger partial charge in [0, 0.05) is 29.2 Å². The molecule has 0 fully saturated rings. The van der Waals surface area contributed by atoms with Crippen LogP contribution in [0.4, 0.5) is 17.1 Å². The average molecular weight is 516 g/mol. The Morgan fingerprint density at radius 2 is 1.36 bits per heavy atom. The molecule has 6 aliphatic rings. The molecule has 2 unspecified atom stereocenters. The van der Waals surface area contributed by atoms with Crippen molar-refractivity contribution < 1.29 is 0 Å². The fourth-order valence-electron chi connectivity index (χ4n) is 8.32. The second-order valence-corrected chi connectivity index (χ2v) is 11.9. The molecular weight excluding hydrogens is 500 g/mol. The number of fused-ring (bicyclic) bond motifs is 6. The van der Waals surface area contributed by atoms with Crippen LogP contribution in [0.1, 0.15) is 39.8 Å². The number of hydrogen-bond donors (Lipinski definition) is 2. The summed E-state index contributed by atoms with van der Waals surface area (Å²) in [5.41, 5.74) is 13.8. The normalized spacial score (nSPS) is 24.7. The number of allylic oxidation sites excluding steroid dienone is 5. The van der Waals surface area contributed by atoms with Crippen molar-refractivity contribution in [2.24, 2.45) is 0 Å². The van der Waals surface area contributed by atoms with Gasteiger partial charge >= 0.3 is 0 Å². The molecule has 3 aliphatic heterocycles. The summed E-state index contributed by atoms with van der Waals surface area (Å²) in [4.78, 5) is 0. The molecule has 42 heavy (non-hydrogen) atoms. The van der Waals surface area contributed by atoms with Gasteiger partial charge in [-0.05, 0) is 51.1 Å². The Labute approximate surface area is 254 Å². The lowest BCUT2D eigenvalue weighted by atomic mass is 9.46. The molecule has 2 nitrogen and oxygen atoms in total. The van der Waals surface area contributed by atoms with E-state index in [2.05, 4.69) is 78.6 Å². The highest BCUT2D eigenvalue weighted by atomic mass is 14.9. The van der Waals surface area contributed by atoms with Gasteiger partial charge in [0.1, 0.15) is 47.1 Å². The van der Waals surface area contributed by atoms with Crippen molar-refractivity contribution in [3.8, 4) is 0 Å². The van der Waals surface area contributed by atoms with Crippen molar-refractivity contribution in [2.45, 2.75) is 17.3 Å². The van der Waals surface area contributed by atoms with Gasteiger partial charge in [-0.25, -0.2) is 0 Å². The molecule has 0 saturated heterocycles. The lowest BCUT2D eigenvalue weighted by Gasteiger charge is -2.56. The van der Waals surface area contributed by atoms with Gasteiger partial charge in [-0.15, -0.1) is 16.4 Å². The molecule has 4 aromatic carbocycles. The Kier molecular flexibility index (Phi) is 4.56. The Morgan fingerprint density at radius 1 is 0.667 bits per heavy atom. The summed E-state index contributed by atoms with van der Waals surface area (Å²) in [6.45, 7) is 4.76. The molecule has 0 aromatic heterocycles. The summed E-state index contributed by atoms with van der Waals surface area (Å²) in [5, 5.41) is 7.26. The number of nitrogens with one attached hydrogen (secondary N) is 2. The summed E-state index contributed by atoms with van der Waals surface area (Å²) in [6, 6.07) is 14.9. The van der Waals surface area contributed by atoms with Gasteiger partial charge in [0.05, 0.1) is 10.8 Å². The average Bonchev–Trinajstić information content (AvgIpc) is 3.80. The molecule has 4 aromatic rings. The topological polar surface area (TPSA) is 24.1 Å². The number of hydrogen-bond acceptors (Lipinski definition) is 2. The van der Waals surface area contributed by atoms with Crippen LogP contribution in [0.25, 0.3) is 0 Å².